The van der Waals surface area contributed by atoms with Gasteiger partial charge in [0.2, 0.25) is 0 Å². The third kappa shape index (κ3) is 3.61. The Hall–Kier alpha value is -0.870. The Kier molecular flexibility index (Phi) is 4.96. The Morgan fingerprint density at radius 3 is 2.69 bits per heavy atom. The minimum atomic E-state index is -0.361. The molecule has 0 saturated carbocycles. The van der Waals surface area contributed by atoms with E-state index in [-0.39, 0.29) is 11.4 Å². The molecule has 0 aliphatic heterocycles. The van der Waals surface area contributed by atoms with Gasteiger partial charge in [-0.05, 0) is 32.0 Å². The van der Waals surface area contributed by atoms with E-state index >= 15 is 0 Å². The van der Waals surface area contributed by atoms with Gasteiger partial charge in [0.1, 0.15) is 5.75 Å². The second-order valence-electron chi connectivity index (χ2n) is 3.70. The molecule has 0 amide bonds. The molecular weight excluding hydrogens is 222 g/mol. The Morgan fingerprint density at radius 2 is 2.12 bits per heavy atom. The lowest BCUT2D eigenvalue weighted by Gasteiger charge is -2.16. The molecule has 2 unspecified atom stereocenters. The third-order valence-corrected chi connectivity index (χ3v) is 3.66. The molecule has 0 heterocycles. The number of aliphatic hydroxyl groups excluding tert-OH is 1. The molecule has 1 aromatic carbocycles. The molecule has 0 aliphatic carbocycles. The summed E-state index contributed by atoms with van der Waals surface area (Å²) in [5.74, 6) is 0.817. The Labute approximate surface area is 101 Å². The third-order valence-electron chi connectivity index (χ3n) is 2.29. The van der Waals surface area contributed by atoms with E-state index < -0.39 is 0 Å². The summed E-state index contributed by atoms with van der Waals surface area (Å²) in [7, 11) is 0. The van der Waals surface area contributed by atoms with Crippen LogP contribution in [0.1, 0.15) is 20.8 Å². The quantitative estimate of drug-likeness (QED) is 0.614. The van der Waals surface area contributed by atoms with Gasteiger partial charge in [-0.1, -0.05) is 6.92 Å². The van der Waals surface area contributed by atoms with E-state index in [1.807, 2.05) is 32.0 Å². The molecule has 0 bridgehead atoms. The lowest BCUT2D eigenvalue weighted by molar-refractivity contribution is 0.196. The van der Waals surface area contributed by atoms with Crippen LogP contribution in [0.25, 0.3) is 0 Å². The maximum atomic E-state index is 9.45. The first-order chi connectivity index (χ1) is 7.54. The van der Waals surface area contributed by atoms with Crippen molar-refractivity contribution in [3.8, 4) is 5.75 Å². The van der Waals surface area contributed by atoms with Crippen LogP contribution < -0.4 is 10.5 Å². The number of hydrogen-bond donors (Lipinski definition) is 2. The first-order valence-corrected chi connectivity index (χ1v) is 6.29. The summed E-state index contributed by atoms with van der Waals surface area (Å²) in [5, 5.41) is 9.56. The average Bonchev–Trinajstić information content (AvgIpc) is 2.23. The molecule has 2 atom stereocenters. The number of rotatable bonds is 5. The zero-order valence-corrected chi connectivity index (χ0v) is 10.8. The van der Waals surface area contributed by atoms with Crippen molar-refractivity contribution < 1.29 is 9.84 Å². The second kappa shape index (κ2) is 6.01. The van der Waals surface area contributed by atoms with Crippen LogP contribution in [-0.2, 0) is 0 Å². The van der Waals surface area contributed by atoms with Gasteiger partial charge >= 0.3 is 0 Å². The van der Waals surface area contributed by atoms with E-state index in [1.165, 1.54) is 0 Å². The van der Waals surface area contributed by atoms with Gasteiger partial charge in [0.15, 0.2) is 0 Å². The van der Waals surface area contributed by atoms with Crippen molar-refractivity contribution in [1.82, 2.24) is 0 Å². The first-order valence-electron chi connectivity index (χ1n) is 5.41. The monoisotopic (exact) mass is 241 g/mol. The Balaban J connectivity index is 2.81. The van der Waals surface area contributed by atoms with Gasteiger partial charge in [0.05, 0.1) is 12.7 Å². The molecule has 1 rings (SSSR count). The average molecular weight is 241 g/mol. The number of nitrogen functional groups attached to an aromatic ring is 1. The summed E-state index contributed by atoms with van der Waals surface area (Å²) >= 11 is 1.56. The van der Waals surface area contributed by atoms with Crippen LogP contribution in [-0.4, -0.2) is 23.1 Å². The van der Waals surface area contributed by atoms with Crippen LogP contribution in [0, 0.1) is 0 Å². The maximum absolute atomic E-state index is 9.45. The van der Waals surface area contributed by atoms with Gasteiger partial charge in [0.25, 0.3) is 0 Å². The summed E-state index contributed by atoms with van der Waals surface area (Å²) in [6.45, 7) is 6.34. The minimum Gasteiger partial charge on any atom is -0.494 e. The normalized spacial score (nSPS) is 14.5. The van der Waals surface area contributed by atoms with E-state index in [4.69, 9.17) is 10.5 Å². The number of benzene rings is 1. The minimum absolute atomic E-state index is 0.110. The van der Waals surface area contributed by atoms with Crippen LogP contribution in [0.5, 0.6) is 5.75 Å². The Morgan fingerprint density at radius 1 is 1.44 bits per heavy atom. The smallest absolute Gasteiger partial charge is 0.120 e. The van der Waals surface area contributed by atoms with E-state index in [0.717, 1.165) is 16.3 Å². The van der Waals surface area contributed by atoms with Gasteiger partial charge in [0, 0.05) is 15.8 Å². The van der Waals surface area contributed by atoms with Crippen molar-refractivity contribution in [2.45, 2.75) is 37.0 Å². The highest BCUT2D eigenvalue weighted by molar-refractivity contribution is 8.00. The number of nitrogens with two attached hydrogens (primary N) is 1. The fourth-order valence-electron chi connectivity index (χ4n) is 1.17. The molecule has 0 aromatic heterocycles. The van der Waals surface area contributed by atoms with Crippen molar-refractivity contribution in [2.24, 2.45) is 0 Å². The first kappa shape index (κ1) is 13.2. The van der Waals surface area contributed by atoms with E-state index in [2.05, 4.69) is 0 Å². The molecule has 0 spiro atoms. The molecule has 0 aliphatic rings. The van der Waals surface area contributed by atoms with Crippen LogP contribution in [0.3, 0.4) is 0 Å². The lowest BCUT2D eigenvalue weighted by Crippen LogP contribution is -2.15. The molecule has 16 heavy (non-hydrogen) atoms. The van der Waals surface area contributed by atoms with Gasteiger partial charge in [-0.25, -0.2) is 0 Å². The zero-order chi connectivity index (χ0) is 12.1. The predicted molar refractivity (Wildman–Crippen MR) is 69.0 cm³/mol. The molecule has 0 saturated heterocycles. The summed E-state index contributed by atoms with van der Waals surface area (Å²) in [6, 6.07) is 5.61. The van der Waals surface area contributed by atoms with Gasteiger partial charge in [-0.15, -0.1) is 11.8 Å². The number of thioether (sulfide) groups is 1. The molecule has 90 valence electrons. The fourth-order valence-corrected chi connectivity index (χ4v) is 2.16. The van der Waals surface area contributed by atoms with E-state index in [1.54, 1.807) is 18.7 Å². The molecular formula is C12H19NO2S. The van der Waals surface area contributed by atoms with Crippen molar-refractivity contribution in [1.29, 1.82) is 0 Å². The van der Waals surface area contributed by atoms with Gasteiger partial charge < -0.3 is 15.6 Å². The van der Waals surface area contributed by atoms with Crippen LogP contribution in [0.2, 0.25) is 0 Å². The molecule has 3 N–H and O–H groups in total. The molecule has 0 radical (unpaired) electrons. The number of hydrogen-bond acceptors (Lipinski definition) is 4. The lowest BCUT2D eigenvalue weighted by atomic mass is 10.3. The number of aliphatic hydroxyl groups is 1. The van der Waals surface area contributed by atoms with E-state index in [9.17, 15) is 5.11 Å². The van der Waals surface area contributed by atoms with Crippen molar-refractivity contribution in [3.05, 3.63) is 18.2 Å². The van der Waals surface area contributed by atoms with Gasteiger partial charge in [-0.3, -0.25) is 0 Å². The topological polar surface area (TPSA) is 55.5 Å². The van der Waals surface area contributed by atoms with Crippen LogP contribution in [0.15, 0.2) is 23.1 Å². The largest absolute Gasteiger partial charge is 0.494 e. The van der Waals surface area contributed by atoms with Gasteiger partial charge in [-0.2, -0.15) is 0 Å². The van der Waals surface area contributed by atoms with Crippen molar-refractivity contribution in [3.63, 3.8) is 0 Å². The highest BCUT2D eigenvalue weighted by Crippen LogP contribution is 2.33. The summed E-state index contributed by atoms with van der Waals surface area (Å²) in [6.07, 6.45) is -0.361. The maximum Gasteiger partial charge on any atom is 0.120 e. The second-order valence-corrected chi connectivity index (χ2v) is 5.12. The zero-order valence-electron chi connectivity index (χ0n) is 9.93. The fraction of sp³-hybridized carbons (Fsp3) is 0.500. The predicted octanol–water partition coefficient (Wildman–Crippen LogP) is 2.53. The van der Waals surface area contributed by atoms with Crippen molar-refractivity contribution >= 4 is 17.4 Å². The van der Waals surface area contributed by atoms with Crippen LogP contribution in [0.4, 0.5) is 5.69 Å². The SMILES string of the molecule is CCOc1ccc(N)c(SC(C)C(C)O)c1. The number of ether oxygens (including phenoxy) is 1. The highest BCUT2D eigenvalue weighted by Gasteiger charge is 2.12. The number of anilines is 1. The summed E-state index contributed by atoms with van der Waals surface area (Å²) in [4.78, 5) is 0.958. The van der Waals surface area contributed by atoms with Crippen molar-refractivity contribution in [2.75, 3.05) is 12.3 Å². The molecule has 3 nitrogen and oxygen atoms in total. The highest BCUT2D eigenvalue weighted by atomic mass is 32.2. The molecule has 4 heteroatoms. The summed E-state index contributed by atoms with van der Waals surface area (Å²) < 4.78 is 5.41. The molecule has 0 fully saturated rings. The van der Waals surface area contributed by atoms with Crippen LogP contribution >= 0.6 is 11.8 Å². The standard InChI is InChI=1S/C12H19NO2S/c1-4-15-10-5-6-11(13)12(7-10)16-9(3)8(2)14/h5-9,14H,4,13H2,1-3H3. The molecule has 1 aromatic rings. The Bertz CT molecular complexity index is 342. The summed E-state index contributed by atoms with van der Waals surface area (Å²) in [5.41, 5.74) is 6.60. The van der Waals surface area contributed by atoms with E-state index in [0.29, 0.717) is 6.61 Å².